The summed E-state index contributed by atoms with van der Waals surface area (Å²) in [5.74, 6) is -1.22. The minimum atomic E-state index is -0.893. The van der Waals surface area contributed by atoms with Crippen molar-refractivity contribution in [2.45, 2.75) is 26.7 Å². The van der Waals surface area contributed by atoms with Crippen LogP contribution in [0.3, 0.4) is 0 Å². The van der Waals surface area contributed by atoms with E-state index in [2.05, 4.69) is 15.5 Å². The Morgan fingerprint density at radius 3 is 2.50 bits per heavy atom. The maximum absolute atomic E-state index is 11.7. The summed E-state index contributed by atoms with van der Waals surface area (Å²) in [7, 11) is 1.67. The third-order valence-corrected chi connectivity index (χ3v) is 2.60. The SMILES string of the molecule is CC(CN(C)CC(=O)Nc1nnc(C(C)C)o1)C(=O)O. The lowest BCUT2D eigenvalue weighted by Crippen LogP contribution is -2.35. The number of carbonyl (C=O) groups excluding carboxylic acids is 1. The fourth-order valence-electron chi connectivity index (χ4n) is 1.53. The van der Waals surface area contributed by atoms with E-state index in [1.165, 1.54) is 0 Å². The summed E-state index contributed by atoms with van der Waals surface area (Å²) in [6.07, 6.45) is 0. The molecule has 0 aliphatic heterocycles. The van der Waals surface area contributed by atoms with Gasteiger partial charge in [-0.2, -0.15) is 0 Å². The summed E-state index contributed by atoms with van der Waals surface area (Å²) in [5.41, 5.74) is 0. The Balaban J connectivity index is 2.44. The number of nitrogens with zero attached hydrogens (tertiary/aromatic N) is 3. The van der Waals surface area contributed by atoms with Gasteiger partial charge >= 0.3 is 12.0 Å². The van der Waals surface area contributed by atoms with E-state index in [9.17, 15) is 9.59 Å². The van der Waals surface area contributed by atoms with E-state index in [1.807, 2.05) is 13.8 Å². The van der Waals surface area contributed by atoms with Crippen molar-refractivity contribution in [1.82, 2.24) is 15.1 Å². The van der Waals surface area contributed by atoms with Crippen LogP contribution in [0, 0.1) is 5.92 Å². The summed E-state index contributed by atoms with van der Waals surface area (Å²) < 4.78 is 5.25. The quantitative estimate of drug-likeness (QED) is 0.761. The highest BCUT2D eigenvalue weighted by atomic mass is 16.4. The minimum Gasteiger partial charge on any atom is -0.481 e. The van der Waals surface area contributed by atoms with Crippen LogP contribution in [0.5, 0.6) is 0 Å². The number of aromatic nitrogens is 2. The zero-order valence-electron chi connectivity index (χ0n) is 12.1. The topological polar surface area (TPSA) is 109 Å². The van der Waals surface area contributed by atoms with Crippen LogP contribution in [0.2, 0.25) is 0 Å². The summed E-state index contributed by atoms with van der Waals surface area (Å²) in [5, 5.41) is 18.8. The first-order chi connectivity index (χ1) is 9.29. The van der Waals surface area contributed by atoms with Gasteiger partial charge in [0.25, 0.3) is 0 Å². The first-order valence-corrected chi connectivity index (χ1v) is 6.34. The molecule has 1 atom stereocenters. The Bertz CT molecular complexity index is 472. The summed E-state index contributed by atoms with van der Waals surface area (Å²) >= 11 is 0. The molecular formula is C12H20N4O4. The van der Waals surface area contributed by atoms with Crippen molar-refractivity contribution in [1.29, 1.82) is 0 Å². The fourth-order valence-corrected chi connectivity index (χ4v) is 1.53. The Labute approximate surface area is 117 Å². The van der Waals surface area contributed by atoms with Gasteiger partial charge < -0.3 is 9.52 Å². The Morgan fingerprint density at radius 2 is 2.00 bits per heavy atom. The Hall–Kier alpha value is -1.96. The van der Waals surface area contributed by atoms with Crippen LogP contribution in [0.4, 0.5) is 6.01 Å². The molecule has 0 spiro atoms. The van der Waals surface area contributed by atoms with Crippen molar-refractivity contribution in [2.24, 2.45) is 5.92 Å². The number of anilines is 1. The fraction of sp³-hybridized carbons (Fsp3) is 0.667. The molecule has 1 unspecified atom stereocenters. The van der Waals surface area contributed by atoms with Gasteiger partial charge in [0, 0.05) is 12.5 Å². The van der Waals surface area contributed by atoms with Crippen molar-refractivity contribution >= 4 is 17.9 Å². The van der Waals surface area contributed by atoms with Crippen molar-refractivity contribution in [2.75, 3.05) is 25.5 Å². The highest BCUT2D eigenvalue weighted by Gasteiger charge is 2.17. The predicted octanol–water partition coefficient (Wildman–Crippen LogP) is 0.784. The van der Waals surface area contributed by atoms with Gasteiger partial charge in [-0.15, -0.1) is 5.10 Å². The number of carboxylic acid groups (broad SMARTS) is 1. The molecule has 1 aromatic rings. The smallest absolute Gasteiger partial charge is 0.322 e. The molecule has 8 heteroatoms. The normalized spacial score (nSPS) is 12.7. The van der Waals surface area contributed by atoms with Gasteiger partial charge in [-0.25, -0.2) is 0 Å². The maximum Gasteiger partial charge on any atom is 0.322 e. The lowest BCUT2D eigenvalue weighted by molar-refractivity contribution is -0.141. The number of aliphatic carboxylic acids is 1. The molecule has 8 nitrogen and oxygen atoms in total. The molecular weight excluding hydrogens is 264 g/mol. The second kappa shape index (κ2) is 6.99. The molecule has 1 aromatic heterocycles. The van der Waals surface area contributed by atoms with Gasteiger partial charge in [0.05, 0.1) is 12.5 Å². The van der Waals surface area contributed by atoms with Gasteiger partial charge in [0.15, 0.2) is 0 Å². The van der Waals surface area contributed by atoms with Gasteiger partial charge in [0.1, 0.15) is 0 Å². The molecule has 2 N–H and O–H groups in total. The molecule has 0 aliphatic carbocycles. The Kier molecular flexibility index (Phi) is 5.63. The van der Waals surface area contributed by atoms with E-state index in [0.29, 0.717) is 5.89 Å². The van der Waals surface area contributed by atoms with E-state index in [1.54, 1.807) is 18.9 Å². The van der Waals surface area contributed by atoms with E-state index >= 15 is 0 Å². The number of rotatable bonds is 7. The van der Waals surface area contributed by atoms with Crippen LogP contribution < -0.4 is 5.32 Å². The highest BCUT2D eigenvalue weighted by molar-refractivity contribution is 5.90. The van der Waals surface area contributed by atoms with Crippen LogP contribution in [-0.2, 0) is 9.59 Å². The van der Waals surface area contributed by atoms with Crippen LogP contribution in [-0.4, -0.2) is 52.2 Å². The molecule has 0 aromatic carbocycles. The first-order valence-electron chi connectivity index (χ1n) is 6.34. The van der Waals surface area contributed by atoms with Crippen molar-refractivity contribution in [3.8, 4) is 0 Å². The largest absolute Gasteiger partial charge is 0.481 e. The van der Waals surface area contributed by atoms with E-state index < -0.39 is 11.9 Å². The van der Waals surface area contributed by atoms with Crippen LogP contribution in [0.25, 0.3) is 0 Å². The minimum absolute atomic E-state index is 0.0526. The number of hydrogen-bond acceptors (Lipinski definition) is 6. The number of likely N-dealkylation sites (N-methyl/N-ethyl adjacent to an activating group) is 1. The number of hydrogen-bond donors (Lipinski definition) is 2. The standard InChI is InChI=1S/C12H20N4O4/c1-7(2)10-14-15-12(20-10)13-9(17)6-16(4)5-8(3)11(18)19/h7-8H,5-6H2,1-4H3,(H,18,19)(H,13,15,17). The molecule has 0 saturated carbocycles. The van der Waals surface area contributed by atoms with E-state index in [0.717, 1.165) is 0 Å². The summed E-state index contributed by atoms with van der Waals surface area (Å²) in [4.78, 5) is 24.1. The summed E-state index contributed by atoms with van der Waals surface area (Å²) in [6.45, 7) is 5.73. The first kappa shape index (κ1) is 16.1. The third-order valence-electron chi connectivity index (χ3n) is 2.60. The number of amides is 1. The van der Waals surface area contributed by atoms with Gasteiger partial charge in [-0.3, -0.25) is 19.8 Å². The average molecular weight is 284 g/mol. The molecule has 0 fully saturated rings. The zero-order valence-corrected chi connectivity index (χ0v) is 12.1. The predicted molar refractivity (Wildman–Crippen MR) is 71.3 cm³/mol. The van der Waals surface area contributed by atoms with Crippen LogP contribution in [0.15, 0.2) is 4.42 Å². The van der Waals surface area contributed by atoms with E-state index in [-0.39, 0.29) is 30.9 Å². The third kappa shape index (κ3) is 4.96. The van der Waals surface area contributed by atoms with Gasteiger partial charge in [0.2, 0.25) is 11.8 Å². The second-order valence-corrected chi connectivity index (χ2v) is 5.08. The number of carboxylic acids is 1. The molecule has 1 heterocycles. The van der Waals surface area contributed by atoms with Gasteiger partial charge in [-0.05, 0) is 7.05 Å². The number of carbonyl (C=O) groups is 2. The second-order valence-electron chi connectivity index (χ2n) is 5.08. The van der Waals surface area contributed by atoms with Crippen molar-refractivity contribution in [3.05, 3.63) is 5.89 Å². The average Bonchev–Trinajstić information content (AvgIpc) is 2.76. The van der Waals surface area contributed by atoms with Crippen molar-refractivity contribution < 1.29 is 19.1 Å². The van der Waals surface area contributed by atoms with Crippen molar-refractivity contribution in [3.63, 3.8) is 0 Å². The van der Waals surface area contributed by atoms with Crippen LogP contribution in [0.1, 0.15) is 32.6 Å². The number of nitrogens with one attached hydrogen (secondary N) is 1. The lowest BCUT2D eigenvalue weighted by atomic mass is 10.2. The highest BCUT2D eigenvalue weighted by Crippen LogP contribution is 2.14. The molecule has 0 aliphatic rings. The van der Waals surface area contributed by atoms with Gasteiger partial charge in [-0.1, -0.05) is 25.9 Å². The maximum atomic E-state index is 11.7. The molecule has 0 saturated heterocycles. The molecule has 20 heavy (non-hydrogen) atoms. The van der Waals surface area contributed by atoms with Crippen LogP contribution >= 0.6 is 0 Å². The summed E-state index contributed by atoms with van der Waals surface area (Å²) in [6, 6.07) is 0.0541. The lowest BCUT2D eigenvalue weighted by Gasteiger charge is -2.17. The molecule has 1 rings (SSSR count). The molecule has 0 bridgehead atoms. The van der Waals surface area contributed by atoms with E-state index in [4.69, 9.17) is 9.52 Å². The molecule has 0 radical (unpaired) electrons. The Morgan fingerprint density at radius 1 is 1.35 bits per heavy atom. The molecule has 1 amide bonds. The molecule has 112 valence electrons. The monoisotopic (exact) mass is 284 g/mol. The zero-order chi connectivity index (χ0) is 15.3.